The van der Waals surface area contributed by atoms with Gasteiger partial charge in [0.2, 0.25) is 11.8 Å². The number of benzene rings is 1. The molecule has 1 saturated carbocycles. The van der Waals surface area contributed by atoms with Crippen LogP contribution in [-0.4, -0.2) is 30.4 Å². The number of para-hydroxylation sites is 1. The van der Waals surface area contributed by atoms with E-state index in [2.05, 4.69) is 21.2 Å². The molecule has 1 aliphatic carbocycles. The van der Waals surface area contributed by atoms with Crippen molar-refractivity contribution in [3.8, 4) is 0 Å². The molecule has 132 valence electrons. The first kappa shape index (κ1) is 19.2. The Hall–Kier alpha value is -1.11. The Morgan fingerprint density at radius 2 is 1.83 bits per heavy atom. The van der Waals surface area contributed by atoms with Crippen LogP contribution >= 0.6 is 28.3 Å². The second kappa shape index (κ2) is 8.32. The van der Waals surface area contributed by atoms with Crippen LogP contribution in [0.1, 0.15) is 32.1 Å². The number of carbonyl (C=O) groups excluding carboxylic acids is 2. The van der Waals surface area contributed by atoms with Crippen molar-refractivity contribution in [2.75, 3.05) is 11.4 Å². The van der Waals surface area contributed by atoms with Gasteiger partial charge in [-0.05, 0) is 60.2 Å². The lowest BCUT2D eigenvalue weighted by Gasteiger charge is -2.27. The molecule has 7 heteroatoms. The SMILES string of the molecule is Cl.NC1CCC(NC(=O)C2CCN(c3ccccc3Br)C2=O)CC1. The quantitative estimate of drug-likeness (QED) is 0.744. The van der Waals surface area contributed by atoms with Crippen molar-refractivity contribution in [3.05, 3.63) is 28.7 Å². The molecule has 5 nitrogen and oxygen atoms in total. The molecular weight excluding hydrogens is 394 g/mol. The van der Waals surface area contributed by atoms with E-state index in [9.17, 15) is 9.59 Å². The number of hydrogen-bond donors (Lipinski definition) is 2. The molecule has 1 aromatic rings. The minimum Gasteiger partial charge on any atom is -0.353 e. The molecule has 0 spiro atoms. The molecule has 1 heterocycles. The minimum atomic E-state index is -0.572. The largest absolute Gasteiger partial charge is 0.353 e. The van der Waals surface area contributed by atoms with Gasteiger partial charge in [0.1, 0.15) is 5.92 Å². The van der Waals surface area contributed by atoms with E-state index in [1.807, 2.05) is 24.3 Å². The van der Waals surface area contributed by atoms with Crippen molar-refractivity contribution in [1.82, 2.24) is 5.32 Å². The van der Waals surface area contributed by atoms with Gasteiger partial charge in [-0.25, -0.2) is 0 Å². The Kier molecular flexibility index (Phi) is 6.66. The number of anilines is 1. The summed E-state index contributed by atoms with van der Waals surface area (Å²) in [5.41, 5.74) is 6.72. The summed E-state index contributed by atoms with van der Waals surface area (Å²) in [6, 6.07) is 8.01. The van der Waals surface area contributed by atoms with Crippen LogP contribution in [0.3, 0.4) is 0 Å². The van der Waals surface area contributed by atoms with E-state index in [4.69, 9.17) is 5.73 Å². The molecule has 1 aromatic carbocycles. The molecule has 2 fully saturated rings. The Balaban J connectivity index is 0.00000208. The lowest BCUT2D eigenvalue weighted by Crippen LogP contribution is -2.44. The lowest BCUT2D eigenvalue weighted by atomic mass is 9.91. The number of rotatable bonds is 3. The van der Waals surface area contributed by atoms with E-state index in [0.29, 0.717) is 13.0 Å². The second-order valence-corrected chi connectivity index (χ2v) is 7.26. The van der Waals surface area contributed by atoms with Crippen molar-refractivity contribution in [3.63, 3.8) is 0 Å². The molecular formula is C17H23BrClN3O2. The number of nitrogens with one attached hydrogen (secondary N) is 1. The van der Waals surface area contributed by atoms with Crippen LogP contribution < -0.4 is 16.0 Å². The fourth-order valence-electron chi connectivity index (χ4n) is 3.40. The molecule has 1 saturated heterocycles. The molecule has 3 rings (SSSR count). The van der Waals surface area contributed by atoms with Crippen LogP contribution in [0, 0.1) is 5.92 Å². The average molecular weight is 417 g/mol. The van der Waals surface area contributed by atoms with Gasteiger partial charge in [-0.1, -0.05) is 12.1 Å². The third-order valence-corrected chi connectivity index (χ3v) is 5.45. The van der Waals surface area contributed by atoms with Crippen LogP contribution in [0.5, 0.6) is 0 Å². The van der Waals surface area contributed by atoms with Crippen LogP contribution in [-0.2, 0) is 9.59 Å². The monoisotopic (exact) mass is 415 g/mol. The first-order valence-corrected chi connectivity index (χ1v) is 8.97. The maximum Gasteiger partial charge on any atom is 0.239 e. The summed E-state index contributed by atoms with van der Waals surface area (Å²) >= 11 is 3.47. The van der Waals surface area contributed by atoms with Gasteiger partial charge < -0.3 is 16.0 Å². The zero-order valence-corrected chi connectivity index (χ0v) is 15.8. The fraction of sp³-hybridized carbons (Fsp3) is 0.529. The van der Waals surface area contributed by atoms with E-state index in [-0.39, 0.29) is 36.3 Å². The minimum absolute atomic E-state index is 0. The molecule has 2 aliphatic rings. The first-order valence-electron chi connectivity index (χ1n) is 8.18. The van der Waals surface area contributed by atoms with Gasteiger partial charge in [0, 0.05) is 23.1 Å². The maximum absolute atomic E-state index is 12.6. The Bertz CT molecular complexity index is 605. The van der Waals surface area contributed by atoms with E-state index >= 15 is 0 Å². The Labute approximate surface area is 156 Å². The van der Waals surface area contributed by atoms with Crippen LogP contribution in [0.15, 0.2) is 28.7 Å². The summed E-state index contributed by atoms with van der Waals surface area (Å²) < 4.78 is 0.871. The first-order chi connectivity index (χ1) is 11.1. The summed E-state index contributed by atoms with van der Waals surface area (Å²) in [6.45, 7) is 0.578. The van der Waals surface area contributed by atoms with Crippen LogP contribution in [0.2, 0.25) is 0 Å². The van der Waals surface area contributed by atoms with Crippen LogP contribution in [0.25, 0.3) is 0 Å². The molecule has 3 N–H and O–H groups in total. The second-order valence-electron chi connectivity index (χ2n) is 6.40. The molecule has 0 aromatic heterocycles. The number of amides is 2. The topological polar surface area (TPSA) is 75.4 Å². The smallest absolute Gasteiger partial charge is 0.239 e. The number of carbonyl (C=O) groups is 2. The van der Waals surface area contributed by atoms with E-state index in [1.54, 1.807) is 4.90 Å². The third-order valence-electron chi connectivity index (χ3n) is 4.78. The molecule has 1 aliphatic heterocycles. The van der Waals surface area contributed by atoms with Crippen LogP contribution in [0.4, 0.5) is 5.69 Å². The summed E-state index contributed by atoms with van der Waals surface area (Å²) in [5, 5.41) is 3.04. The highest BCUT2D eigenvalue weighted by Crippen LogP contribution is 2.31. The van der Waals surface area contributed by atoms with E-state index in [0.717, 1.165) is 35.8 Å². The van der Waals surface area contributed by atoms with Crippen molar-refractivity contribution in [1.29, 1.82) is 0 Å². The van der Waals surface area contributed by atoms with Crippen molar-refractivity contribution < 1.29 is 9.59 Å². The van der Waals surface area contributed by atoms with Crippen molar-refractivity contribution in [2.24, 2.45) is 11.7 Å². The summed E-state index contributed by atoms with van der Waals surface area (Å²) in [4.78, 5) is 26.8. The third kappa shape index (κ3) is 4.10. The maximum atomic E-state index is 12.6. The van der Waals surface area contributed by atoms with Gasteiger partial charge in [-0.2, -0.15) is 0 Å². The van der Waals surface area contributed by atoms with Gasteiger partial charge in [0.25, 0.3) is 0 Å². The van der Waals surface area contributed by atoms with Gasteiger partial charge in [0.15, 0.2) is 0 Å². The predicted octanol–water partition coefficient (Wildman–Crippen LogP) is 2.61. The normalized spacial score (nSPS) is 26.8. The highest BCUT2D eigenvalue weighted by molar-refractivity contribution is 9.10. The molecule has 0 radical (unpaired) electrons. The zero-order valence-electron chi connectivity index (χ0n) is 13.4. The summed E-state index contributed by atoms with van der Waals surface area (Å²) in [5.74, 6) is -0.815. The number of hydrogen-bond acceptors (Lipinski definition) is 3. The van der Waals surface area contributed by atoms with Crippen molar-refractivity contribution >= 4 is 45.8 Å². The van der Waals surface area contributed by atoms with Gasteiger partial charge in [-0.3, -0.25) is 9.59 Å². The van der Waals surface area contributed by atoms with Gasteiger partial charge in [0.05, 0.1) is 5.69 Å². The Morgan fingerprint density at radius 1 is 1.17 bits per heavy atom. The predicted molar refractivity (Wildman–Crippen MR) is 100 cm³/mol. The number of nitrogens with two attached hydrogens (primary N) is 1. The summed E-state index contributed by atoms with van der Waals surface area (Å²) in [6.07, 6.45) is 4.25. The fourth-order valence-corrected chi connectivity index (χ4v) is 3.90. The average Bonchev–Trinajstić information content (AvgIpc) is 2.92. The van der Waals surface area contributed by atoms with Crippen molar-refractivity contribution in [2.45, 2.75) is 44.2 Å². The molecule has 1 atom stereocenters. The molecule has 24 heavy (non-hydrogen) atoms. The Morgan fingerprint density at radius 3 is 2.50 bits per heavy atom. The van der Waals surface area contributed by atoms with Gasteiger partial charge >= 0.3 is 0 Å². The van der Waals surface area contributed by atoms with E-state index in [1.165, 1.54) is 0 Å². The molecule has 2 amide bonds. The highest BCUT2D eigenvalue weighted by Gasteiger charge is 2.38. The molecule has 0 bridgehead atoms. The van der Waals surface area contributed by atoms with E-state index < -0.39 is 5.92 Å². The lowest BCUT2D eigenvalue weighted by molar-refractivity contribution is -0.132. The zero-order chi connectivity index (χ0) is 16.4. The van der Waals surface area contributed by atoms with Gasteiger partial charge in [-0.15, -0.1) is 12.4 Å². The standard InChI is InChI=1S/C17H22BrN3O2.ClH/c18-14-3-1-2-4-15(14)21-10-9-13(17(21)23)16(22)20-12-7-5-11(19)6-8-12;/h1-4,11-13H,5-10,19H2,(H,20,22);1H. The number of nitrogens with zero attached hydrogens (tertiary/aromatic N) is 1. The highest BCUT2D eigenvalue weighted by atomic mass is 79.9. The summed E-state index contributed by atoms with van der Waals surface area (Å²) in [7, 11) is 0. The molecule has 1 unspecified atom stereocenters. The number of halogens is 2.